The predicted octanol–water partition coefficient (Wildman–Crippen LogP) is -0.434. The Bertz CT molecular complexity index is 341. The van der Waals surface area contributed by atoms with Crippen LogP contribution in [0.25, 0.3) is 0 Å². The Morgan fingerprint density at radius 3 is 2.13 bits per heavy atom. The van der Waals surface area contributed by atoms with Crippen molar-refractivity contribution in [1.82, 2.24) is 20.6 Å². The largest absolute Gasteiger partial charge is 0.518 e. The van der Waals surface area contributed by atoms with Gasteiger partial charge in [-0.25, -0.2) is 0 Å². The number of hydrogen-bond acceptors (Lipinski definition) is 6. The quantitative estimate of drug-likeness (QED) is 0.583. The average molecular weight is 208 g/mol. The number of nitrogens with zero attached hydrogens (tertiary/aromatic N) is 4. The summed E-state index contributed by atoms with van der Waals surface area (Å²) in [7, 11) is -0.516. The van der Waals surface area contributed by atoms with E-state index in [2.05, 4.69) is 20.6 Å². The number of aromatic nitrogens is 4. The van der Waals surface area contributed by atoms with Crippen LogP contribution in [0.5, 0.6) is 0 Å². The fourth-order valence-electron chi connectivity index (χ4n) is 1.28. The fraction of sp³-hybridized carbons (Fsp3) is 0.750. The Labute approximate surface area is 88.5 Å². The highest BCUT2D eigenvalue weighted by Crippen LogP contribution is 2.36. The molecule has 0 aromatic carbocycles. The lowest BCUT2D eigenvalue weighted by Gasteiger charge is -2.32. The summed E-state index contributed by atoms with van der Waals surface area (Å²) >= 11 is 0. The Kier molecular flexibility index (Phi) is 2.24. The molecule has 2 rings (SSSR count). The first kappa shape index (κ1) is 10.4. The van der Waals surface area contributed by atoms with Gasteiger partial charge in [-0.1, -0.05) is 0 Å². The molecule has 1 saturated heterocycles. The third kappa shape index (κ3) is 1.72. The molecule has 0 amide bonds. The van der Waals surface area contributed by atoms with Gasteiger partial charge in [0.05, 0.1) is 17.4 Å². The summed E-state index contributed by atoms with van der Waals surface area (Å²) in [6, 6.07) is 0. The molecule has 1 aromatic heterocycles. The van der Waals surface area contributed by atoms with E-state index >= 15 is 0 Å². The zero-order valence-corrected chi connectivity index (χ0v) is 9.26. The first-order valence-corrected chi connectivity index (χ1v) is 4.79. The van der Waals surface area contributed by atoms with E-state index in [0.29, 0.717) is 5.59 Å². The highest BCUT2D eigenvalue weighted by atomic mass is 16.7. The molecule has 1 fully saturated rings. The van der Waals surface area contributed by atoms with Crippen LogP contribution in [0, 0.1) is 0 Å². The predicted molar refractivity (Wildman–Crippen MR) is 53.3 cm³/mol. The zero-order valence-electron chi connectivity index (χ0n) is 9.26. The van der Waals surface area contributed by atoms with Gasteiger partial charge >= 0.3 is 7.12 Å². The van der Waals surface area contributed by atoms with E-state index in [1.54, 1.807) is 0 Å². The first-order valence-electron chi connectivity index (χ1n) is 4.79. The van der Waals surface area contributed by atoms with Crippen LogP contribution in [0.2, 0.25) is 0 Å². The molecule has 0 spiro atoms. The molecule has 0 saturated carbocycles. The van der Waals surface area contributed by atoms with E-state index in [1.165, 1.54) is 6.20 Å². The normalized spacial score (nSPS) is 23.1. The van der Waals surface area contributed by atoms with Crippen molar-refractivity contribution in [2.24, 2.45) is 0 Å². The molecule has 0 bridgehead atoms. The molecule has 80 valence electrons. The van der Waals surface area contributed by atoms with Crippen LogP contribution >= 0.6 is 0 Å². The standard InChI is InChI=1S/C8H13BN4O2/c1-7(2)8(3,4)15-9(14-7)6-5-10-12-13-11-6/h5H,1-4H3. The third-order valence-electron chi connectivity index (χ3n) is 2.94. The number of rotatable bonds is 1. The smallest absolute Gasteiger partial charge is 0.398 e. The van der Waals surface area contributed by atoms with E-state index in [-0.39, 0.29) is 11.2 Å². The summed E-state index contributed by atoms with van der Waals surface area (Å²) in [4.78, 5) is 0. The molecule has 1 aliphatic heterocycles. The minimum Gasteiger partial charge on any atom is -0.398 e. The van der Waals surface area contributed by atoms with Gasteiger partial charge in [-0.05, 0) is 38.1 Å². The van der Waals surface area contributed by atoms with Crippen molar-refractivity contribution in [3.8, 4) is 0 Å². The van der Waals surface area contributed by atoms with Gasteiger partial charge in [0.15, 0.2) is 0 Å². The summed E-state index contributed by atoms with van der Waals surface area (Å²) in [6.07, 6.45) is 1.50. The van der Waals surface area contributed by atoms with Crippen LogP contribution in [0.4, 0.5) is 0 Å². The molecule has 0 N–H and O–H groups in total. The lowest BCUT2D eigenvalue weighted by molar-refractivity contribution is 0.00578. The third-order valence-corrected chi connectivity index (χ3v) is 2.94. The van der Waals surface area contributed by atoms with Crippen molar-refractivity contribution < 1.29 is 9.31 Å². The van der Waals surface area contributed by atoms with Gasteiger partial charge in [-0.3, -0.25) is 0 Å². The second-order valence-electron chi connectivity index (χ2n) is 4.54. The molecule has 0 atom stereocenters. The fourth-order valence-corrected chi connectivity index (χ4v) is 1.28. The van der Waals surface area contributed by atoms with Gasteiger partial charge in [0.25, 0.3) is 0 Å². The van der Waals surface area contributed by atoms with E-state index in [9.17, 15) is 0 Å². The highest BCUT2D eigenvalue weighted by molar-refractivity contribution is 6.60. The van der Waals surface area contributed by atoms with Gasteiger partial charge in [-0.2, -0.15) is 0 Å². The van der Waals surface area contributed by atoms with Crippen molar-refractivity contribution in [1.29, 1.82) is 0 Å². The van der Waals surface area contributed by atoms with Gasteiger partial charge in [0.1, 0.15) is 5.59 Å². The van der Waals surface area contributed by atoms with Gasteiger partial charge < -0.3 is 9.31 Å². The molecular formula is C8H13BN4O2. The maximum atomic E-state index is 5.76. The Balaban J connectivity index is 2.24. The van der Waals surface area contributed by atoms with E-state index in [0.717, 1.165) is 0 Å². The van der Waals surface area contributed by atoms with Crippen LogP contribution in [0.1, 0.15) is 27.7 Å². The van der Waals surface area contributed by atoms with Crippen molar-refractivity contribution in [3.05, 3.63) is 6.20 Å². The molecule has 6 nitrogen and oxygen atoms in total. The maximum Gasteiger partial charge on any atom is 0.518 e. The maximum absolute atomic E-state index is 5.76. The van der Waals surface area contributed by atoms with Crippen molar-refractivity contribution in [2.45, 2.75) is 38.9 Å². The Hall–Kier alpha value is -1.08. The van der Waals surface area contributed by atoms with E-state index in [1.807, 2.05) is 27.7 Å². The minimum atomic E-state index is -0.516. The molecule has 0 radical (unpaired) electrons. The molecule has 2 heterocycles. The Morgan fingerprint density at radius 2 is 1.67 bits per heavy atom. The summed E-state index contributed by atoms with van der Waals surface area (Å²) in [5, 5.41) is 14.3. The van der Waals surface area contributed by atoms with E-state index < -0.39 is 7.12 Å². The topological polar surface area (TPSA) is 70.0 Å². The van der Waals surface area contributed by atoms with Crippen LogP contribution in [-0.2, 0) is 9.31 Å². The second kappa shape index (κ2) is 3.21. The van der Waals surface area contributed by atoms with Crippen LogP contribution in [0.15, 0.2) is 6.20 Å². The van der Waals surface area contributed by atoms with Crippen molar-refractivity contribution in [2.75, 3.05) is 0 Å². The van der Waals surface area contributed by atoms with Crippen molar-refractivity contribution >= 4 is 12.7 Å². The molecule has 7 heteroatoms. The Morgan fingerprint density at radius 1 is 1.07 bits per heavy atom. The molecular weight excluding hydrogens is 195 g/mol. The molecule has 1 aliphatic rings. The highest BCUT2D eigenvalue weighted by Gasteiger charge is 2.52. The van der Waals surface area contributed by atoms with Crippen LogP contribution in [-0.4, -0.2) is 38.9 Å². The summed E-state index contributed by atoms with van der Waals surface area (Å²) in [5.41, 5.74) is -0.200. The van der Waals surface area contributed by atoms with Gasteiger partial charge in [0, 0.05) is 0 Å². The molecule has 0 unspecified atom stereocenters. The van der Waals surface area contributed by atoms with Gasteiger partial charge in [-0.15, -0.1) is 10.2 Å². The molecule has 15 heavy (non-hydrogen) atoms. The first-order chi connectivity index (χ1) is 6.92. The van der Waals surface area contributed by atoms with Crippen LogP contribution in [0.3, 0.4) is 0 Å². The van der Waals surface area contributed by atoms with Crippen LogP contribution < -0.4 is 5.59 Å². The van der Waals surface area contributed by atoms with Gasteiger partial charge in [0.2, 0.25) is 0 Å². The lowest BCUT2D eigenvalue weighted by atomic mass is 9.86. The van der Waals surface area contributed by atoms with Crippen molar-refractivity contribution in [3.63, 3.8) is 0 Å². The number of hydrogen-bond donors (Lipinski definition) is 0. The SMILES string of the molecule is CC1(C)OB(c2cnnnn2)OC1(C)C. The monoisotopic (exact) mass is 208 g/mol. The molecule has 1 aromatic rings. The average Bonchev–Trinajstić information content (AvgIpc) is 2.38. The summed E-state index contributed by atoms with van der Waals surface area (Å²) in [5.74, 6) is 0. The molecule has 0 aliphatic carbocycles. The van der Waals surface area contributed by atoms with E-state index in [4.69, 9.17) is 9.31 Å². The zero-order chi connectivity index (χ0) is 11.1. The summed E-state index contributed by atoms with van der Waals surface area (Å²) < 4.78 is 11.5. The summed E-state index contributed by atoms with van der Waals surface area (Å²) in [6.45, 7) is 7.92. The second-order valence-corrected chi connectivity index (χ2v) is 4.54. The lowest BCUT2D eigenvalue weighted by Crippen LogP contribution is -2.41. The minimum absolute atomic E-state index is 0.372.